The number of nitrogens with zero attached hydrogens (tertiary/aromatic N) is 4. The van der Waals surface area contributed by atoms with Gasteiger partial charge in [0.05, 0.1) is 24.2 Å². The van der Waals surface area contributed by atoms with Crippen LogP contribution in [-0.4, -0.2) is 37.7 Å². The quantitative estimate of drug-likeness (QED) is 0.388. The molecule has 0 saturated carbocycles. The Morgan fingerprint density at radius 3 is 2.35 bits per heavy atom. The van der Waals surface area contributed by atoms with Crippen molar-refractivity contribution in [3.05, 3.63) is 72.8 Å². The highest BCUT2D eigenvalue weighted by molar-refractivity contribution is 7.86. The molecule has 10 nitrogen and oxygen atoms in total. The van der Waals surface area contributed by atoms with E-state index in [0.717, 1.165) is 11.1 Å². The van der Waals surface area contributed by atoms with Gasteiger partial charge in [-0.2, -0.15) is 28.8 Å². The van der Waals surface area contributed by atoms with Gasteiger partial charge in [0, 0.05) is 0 Å². The highest BCUT2D eigenvalue weighted by atomic mass is 32.2. The molecule has 0 radical (unpaired) electrons. The second kappa shape index (κ2) is 9.41. The number of methoxy groups -OCH3 is 1. The summed E-state index contributed by atoms with van der Waals surface area (Å²) in [6.07, 6.45) is 0. The molecule has 0 saturated heterocycles. The Labute approximate surface area is 195 Å². The molecule has 1 aliphatic heterocycles. The van der Waals surface area contributed by atoms with Gasteiger partial charge in [-0.25, -0.2) is 0 Å². The minimum Gasteiger partial charge on any atom is -0.497 e. The zero-order chi connectivity index (χ0) is 24.3. The topological polar surface area (TPSA) is 130 Å². The van der Waals surface area contributed by atoms with Crippen LogP contribution in [0.3, 0.4) is 0 Å². The summed E-state index contributed by atoms with van der Waals surface area (Å²) < 4.78 is 44.5. The van der Waals surface area contributed by atoms with Crippen LogP contribution in [0.4, 0.5) is 11.4 Å². The van der Waals surface area contributed by atoms with Crippen LogP contribution in [0.1, 0.15) is 6.92 Å². The smallest absolute Gasteiger partial charge is 0.298 e. The van der Waals surface area contributed by atoms with E-state index in [2.05, 4.69) is 15.3 Å². The molecule has 3 aromatic carbocycles. The fraction of sp³-hybridized carbons (Fsp3) is 0.130. The number of hydrogen-bond donors (Lipinski definition) is 1. The van der Waals surface area contributed by atoms with Gasteiger partial charge >= 0.3 is 0 Å². The number of benzene rings is 3. The average molecular weight is 481 g/mol. The van der Waals surface area contributed by atoms with Crippen LogP contribution in [-0.2, 0) is 14.9 Å². The van der Waals surface area contributed by atoms with E-state index in [1.54, 1.807) is 68.6 Å². The monoisotopic (exact) mass is 480 g/mol. The van der Waals surface area contributed by atoms with Gasteiger partial charge in [-0.3, -0.25) is 9.35 Å². The summed E-state index contributed by atoms with van der Waals surface area (Å²) in [5, 5.41) is 13.4. The highest BCUT2D eigenvalue weighted by Gasteiger charge is 2.35. The molecule has 34 heavy (non-hydrogen) atoms. The second-order valence-corrected chi connectivity index (χ2v) is 8.62. The molecule has 0 aromatic heterocycles. The van der Waals surface area contributed by atoms with E-state index in [1.807, 2.05) is 0 Å². The standard InChI is InChI=1S/C23H20N4O6S/c1-15-22(25-24-16-8-11-18(32-2)12-9-16)23(28)27(26-15)17-10-13-20(21(14-17)34(29,30)31)33-19-6-4-3-5-7-19/h3-14,22H,1-2H3,(H,29,30,31). The zero-order valence-corrected chi connectivity index (χ0v) is 19.0. The van der Waals surface area contributed by atoms with Crippen molar-refractivity contribution >= 4 is 33.1 Å². The largest absolute Gasteiger partial charge is 0.497 e. The van der Waals surface area contributed by atoms with Gasteiger partial charge in [0.1, 0.15) is 22.1 Å². The predicted molar refractivity (Wildman–Crippen MR) is 125 cm³/mol. The van der Waals surface area contributed by atoms with Crippen molar-refractivity contribution in [3.63, 3.8) is 0 Å². The van der Waals surface area contributed by atoms with Crippen molar-refractivity contribution in [1.29, 1.82) is 0 Å². The number of anilines is 1. The lowest BCUT2D eigenvalue weighted by Gasteiger charge is -2.15. The summed E-state index contributed by atoms with van der Waals surface area (Å²) in [5.41, 5.74) is 1.02. The summed E-state index contributed by atoms with van der Waals surface area (Å²) in [6, 6.07) is 18.3. The summed E-state index contributed by atoms with van der Waals surface area (Å²) in [6.45, 7) is 1.62. The third kappa shape index (κ3) is 4.95. The Morgan fingerprint density at radius 1 is 1.00 bits per heavy atom. The normalized spacial score (nSPS) is 16.1. The molecule has 0 fully saturated rings. The van der Waals surface area contributed by atoms with Crippen molar-refractivity contribution < 1.29 is 27.2 Å². The molecule has 174 valence electrons. The van der Waals surface area contributed by atoms with Crippen LogP contribution >= 0.6 is 0 Å². The minimum atomic E-state index is -4.67. The number of carbonyl (C=O) groups excluding carboxylic acids is 1. The van der Waals surface area contributed by atoms with Gasteiger partial charge in [-0.15, -0.1) is 0 Å². The van der Waals surface area contributed by atoms with Gasteiger partial charge in [0.2, 0.25) is 0 Å². The van der Waals surface area contributed by atoms with E-state index in [1.165, 1.54) is 12.1 Å². The van der Waals surface area contributed by atoms with E-state index in [9.17, 15) is 17.8 Å². The molecule has 1 atom stereocenters. The molecule has 3 aromatic rings. The van der Waals surface area contributed by atoms with Gasteiger partial charge in [0.15, 0.2) is 6.04 Å². The van der Waals surface area contributed by atoms with E-state index in [4.69, 9.17) is 9.47 Å². The van der Waals surface area contributed by atoms with E-state index < -0.39 is 27.0 Å². The van der Waals surface area contributed by atoms with Crippen LogP contribution in [0.2, 0.25) is 0 Å². The van der Waals surface area contributed by atoms with Crippen molar-refractivity contribution in [2.45, 2.75) is 17.9 Å². The Kier molecular flexibility index (Phi) is 6.39. The number of amides is 1. The Balaban J connectivity index is 1.60. The van der Waals surface area contributed by atoms with Crippen LogP contribution < -0.4 is 14.5 Å². The van der Waals surface area contributed by atoms with Gasteiger partial charge in [-0.05, 0) is 61.5 Å². The molecule has 0 bridgehead atoms. The fourth-order valence-corrected chi connectivity index (χ4v) is 3.81. The predicted octanol–water partition coefficient (Wildman–Crippen LogP) is 4.61. The van der Waals surface area contributed by atoms with Gasteiger partial charge in [-0.1, -0.05) is 18.2 Å². The highest BCUT2D eigenvalue weighted by Crippen LogP contribution is 2.34. The molecular formula is C23H20N4O6S. The molecule has 1 heterocycles. The van der Waals surface area contributed by atoms with Crippen LogP contribution in [0, 0.1) is 0 Å². The number of rotatable bonds is 7. The van der Waals surface area contributed by atoms with Crippen molar-refractivity contribution in [2.24, 2.45) is 15.3 Å². The number of hydrazone groups is 1. The van der Waals surface area contributed by atoms with E-state index in [0.29, 0.717) is 22.9 Å². The van der Waals surface area contributed by atoms with E-state index >= 15 is 0 Å². The van der Waals surface area contributed by atoms with E-state index in [-0.39, 0.29) is 11.4 Å². The number of carbonyl (C=O) groups is 1. The Hall–Kier alpha value is -4.09. The lowest BCUT2D eigenvalue weighted by molar-refractivity contribution is -0.117. The first kappa shape index (κ1) is 23.1. The number of azo groups is 1. The van der Waals surface area contributed by atoms with Crippen molar-refractivity contribution in [3.8, 4) is 17.2 Å². The molecule has 1 aliphatic rings. The van der Waals surface area contributed by atoms with Crippen molar-refractivity contribution in [1.82, 2.24) is 0 Å². The first-order valence-electron chi connectivity index (χ1n) is 10.0. The van der Waals surface area contributed by atoms with Crippen LogP contribution in [0.15, 0.2) is 93.0 Å². The van der Waals surface area contributed by atoms with Crippen molar-refractivity contribution in [2.75, 3.05) is 12.1 Å². The summed E-state index contributed by atoms with van der Waals surface area (Å²) in [4.78, 5) is 12.5. The number of hydrogen-bond acceptors (Lipinski definition) is 8. The molecule has 4 rings (SSSR count). The summed E-state index contributed by atoms with van der Waals surface area (Å²) in [5.74, 6) is 0.424. The maximum Gasteiger partial charge on any atom is 0.298 e. The summed E-state index contributed by atoms with van der Waals surface area (Å²) >= 11 is 0. The maximum atomic E-state index is 13.0. The van der Waals surface area contributed by atoms with Gasteiger partial charge in [0.25, 0.3) is 16.0 Å². The van der Waals surface area contributed by atoms with Gasteiger partial charge < -0.3 is 9.47 Å². The van der Waals surface area contributed by atoms with Crippen LogP contribution in [0.25, 0.3) is 0 Å². The maximum absolute atomic E-state index is 13.0. The zero-order valence-electron chi connectivity index (χ0n) is 18.2. The molecule has 0 spiro atoms. The lowest BCUT2D eigenvalue weighted by Crippen LogP contribution is -2.29. The number of ether oxygens (including phenoxy) is 2. The first-order valence-corrected chi connectivity index (χ1v) is 11.5. The third-order valence-corrected chi connectivity index (χ3v) is 5.75. The molecule has 1 N–H and O–H groups in total. The molecule has 0 aliphatic carbocycles. The first-order chi connectivity index (χ1) is 16.3. The number of para-hydroxylation sites is 1. The third-order valence-electron chi connectivity index (χ3n) is 4.88. The van der Waals surface area contributed by atoms with Crippen LogP contribution in [0.5, 0.6) is 17.2 Å². The molecule has 11 heteroatoms. The SMILES string of the molecule is COc1ccc(N=NC2C(=O)N(c3ccc(Oc4ccccc4)c(S(=O)(=O)O)c3)N=C2C)cc1. The molecule has 1 unspecified atom stereocenters. The lowest BCUT2D eigenvalue weighted by atomic mass is 10.2. The fourth-order valence-electron chi connectivity index (χ4n) is 3.18. The molecular weight excluding hydrogens is 460 g/mol. The molecule has 1 amide bonds. The second-order valence-electron chi connectivity index (χ2n) is 7.23. The summed E-state index contributed by atoms with van der Waals surface area (Å²) in [7, 11) is -3.11. The minimum absolute atomic E-state index is 0.0967. The average Bonchev–Trinajstić information content (AvgIpc) is 3.11. The Morgan fingerprint density at radius 2 is 1.71 bits per heavy atom. The Bertz CT molecular complexity index is 1370.